The number of esters is 1. The number of carbonyl (C=O) groups excluding carboxylic acids is 2. The molecule has 30 heavy (non-hydrogen) atoms. The predicted octanol–water partition coefficient (Wildman–Crippen LogP) is 6.27. The largest absolute Gasteiger partial charge is 0.456 e. The molecule has 0 spiro atoms. The number of allylic oxidation sites excluding steroid dienone is 2. The fraction of sp³-hybridized carbons (Fsp3) is 0.520. The number of hydrogen-bond donors (Lipinski definition) is 0. The summed E-state index contributed by atoms with van der Waals surface area (Å²) in [4.78, 5) is 26.0. The average molecular weight is 432 g/mol. The zero-order chi connectivity index (χ0) is 22.5. The Morgan fingerprint density at radius 1 is 1.20 bits per heavy atom. The van der Waals surface area contributed by atoms with Gasteiger partial charge in [-0.1, -0.05) is 70.3 Å². The number of ether oxygens (including phenoxy) is 1. The van der Waals surface area contributed by atoms with Gasteiger partial charge in [-0.3, -0.25) is 4.79 Å². The zero-order valence-corrected chi connectivity index (χ0v) is 19.8. The fourth-order valence-electron chi connectivity index (χ4n) is 3.65. The summed E-state index contributed by atoms with van der Waals surface area (Å²) < 4.78 is 5.29. The van der Waals surface area contributed by atoms with Crippen LogP contribution in [0, 0.1) is 5.41 Å². The summed E-state index contributed by atoms with van der Waals surface area (Å²) in [5.41, 5.74) is 4.47. The standard InChI is InChI=1S/C18H18ClNO3.C7H16/c1-3-20-11(2)12(9-21)8-14(13-6-4-5-7-15(13)19)17-16(20)10-23-18(17)22;1-5-7(3,4)6-2/h4-7,9,14H,3,8,10H2,1-2H3;5-6H2,1-4H3. The lowest BCUT2D eigenvalue weighted by atomic mass is 9.85. The van der Waals surface area contributed by atoms with Crippen molar-refractivity contribution in [1.82, 2.24) is 4.90 Å². The van der Waals surface area contributed by atoms with Crippen LogP contribution in [0.15, 0.2) is 46.8 Å². The molecule has 0 aliphatic carbocycles. The second-order valence-corrected chi connectivity index (χ2v) is 8.97. The third-order valence-electron chi connectivity index (χ3n) is 6.49. The van der Waals surface area contributed by atoms with Crippen molar-refractivity contribution < 1.29 is 14.3 Å². The smallest absolute Gasteiger partial charge is 0.336 e. The Balaban J connectivity index is 0.000000396. The minimum absolute atomic E-state index is 0.242. The van der Waals surface area contributed by atoms with Crippen molar-refractivity contribution in [1.29, 1.82) is 0 Å². The van der Waals surface area contributed by atoms with E-state index in [9.17, 15) is 9.59 Å². The van der Waals surface area contributed by atoms with E-state index in [-0.39, 0.29) is 18.5 Å². The van der Waals surface area contributed by atoms with E-state index in [1.54, 1.807) is 6.07 Å². The van der Waals surface area contributed by atoms with Crippen molar-refractivity contribution in [3.05, 3.63) is 57.4 Å². The van der Waals surface area contributed by atoms with Crippen molar-refractivity contribution in [2.24, 2.45) is 5.41 Å². The zero-order valence-electron chi connectivity index (χ0n) is 19.0. The van der Waals surface area contributed by atoms with E-state index in [4.69, 9.17) is 16.3 Å². The number of halogens is 1. The number of hydrogen-bond acceptors (Lipinski definition) is 4. The van der Waals surface area contributed by atoms with E-state index < -0.39 is 0 Å². The number of rotatable bonds is 5. The predicted molar refractivity (Wildman–Crippen MR) is 122 cm³/mol. The molecule has 0 fully saturated rings. The number of nitrogens with zero attached hydrogens (tertiary/aromatic N) is 1. The van der Waals surface area contributed by atoms with Crippen LogP contribution >= 0.6 is 11.6 Å². The molecular weight excluding hydrogens is 398 g/mol. The van der Waals surface area contributed by atoms with Crippen LogP contribution in [0.1, 0.15) is 72.3 Å². The Morgan fingerprint density at radius 2 is 1.83 bits per heavy atom. The van der Waals surface area contributed by atoms with Crippen LogP contribution < -0.4 is 0 Å². The Kier molecular flexibility index (Phi) is 8.31. The third kappa shape index (κ3) is 5.15. The van der Waals surface area contributed by atoms with E-state index in [2.05, 4.69) is 27.7 Å². The Hall–Kier alpha value is -2.07. The highest BCUT2D eigenvalue weighted by atomic mass is 35.5. The molecule has 1 atom stereocenters. The van der Waals surface area contributed by atoms with Gasteiger partial charge in [-0.15, -0.1) is 0 Å². The Morgan fingerprint density at radius 3 is 2.33 bits per heavy atom. The molecular formula is C25H34ClNO3. The molecule has 0 saturated heterocycles. The number of likely N-dealkylation sites (N-methyl/N-ethyl adjacent to an activating group) is 1. The van der Waals surface area contributed by atoms with Gasteiger partial charge in [-0.25, -0.2) is 4.79 Å². The van der Waals surface area contributed by atoms with Crippen LogP contribution in [-0.4, -0.2) is 30.3 Å². The quantitative estimate of drug-likeness (QED) is 0.407. The van der Waals surface area contributed by atoms with Crippen molar-refractivity contribution >= 4 is 23.9 Å². The van der Waals surface area contributed by atoms with Crippen molar-refractivity contribution in [2.45, 2.75) is 66.7 Å². The van der Waals surface area contributed by atoms with Gasteiger partial charge in [0.1, 0.15) is 12.9 Å². The molecule has 0 amide bonds. The van der Waals surface area contributed by atoms with Gasteiger partial charge in [0.2, 0.25) is 0 Å². The van der Waals surface area contributed by atoms with Gasteiger partial charge in [0.05, 0.1) is 11.3 Å². The lowest BCUT2D eigenvalue weighted by Gasteiger charge is -2.24. The minimum Gasteiger partial charge on any atom is -0.456 e. The van der Waals surface area contributed by atoms with Gasteiger partial charge in [0, 0.05) is 28.8 Å². The van der Waals surface area contributed by atoms with Gasteiger partial charge in [0.15, 0.2) is 0 Å². The lowest BCUT2D eigenvalue weighted by molar-refractivity contribution is -0.136. The molecule has 1 unspecified atom stereocenters. The first kappa shape index (κ1) is 24.2. The Labute approximate surface area is 185 Å². The van der Waals surface area contributed by atoms with Crippen molar-refractivity contribution in [2.75, 3.05) is 13.2 Å². The number of aldehydes is 1. The second-order valence-electron chi connectivity index (χ2n) is 8.56. The van der Waals surface area contributed by atoms with Crippen LogP contribution in [0.3, 0.4) is 0 Å². The average Bonchev–Trinajstić information content (AvgIpc) is 3.06. The normalized spacial score (nSPS) is 19.1. The van der Waals surface area contributed by atoms with Crippen LogP contribution in [0.25, 0.3) is 0 Å². The van der Waals surface area contributed by atoms with Gasteiger partial charge in [-0.05, 0) is 37.3 Å². The molecule has 0 radical (unpaired) electrons. The first-order valence-electron chi connectivity index (χ1n) is 10.8. The maximum Gasteiger partial charge on any atom is 0.336 e. The van der Waals surface area contributed by atoms with Crippen LogP contribution in [-0.2, 0) is 14.3 Å². The van der Waals surface area contributed by atoms with Crippen LogP contribution in [0.4, 0.5) is 0 Å². The summed E-state index contributed by atoms with van der Waals surface area (Å²) in [5, 5.41) is 0.594. The van der Waals surface area contributed by atoms with Crippen molar-refractivity contribution in [3.8, 4) is 0 Å². The topological polar surface area (TPSA) is 46.6 Å². The van der Waals surface area contributed by atoms with Crippen LogP contribution in [0.5, 0.6) is 0 Å². The van der Waals surface area contributed by atoms with Gasteiger partial charge in [-0.2, -0.15) is 0 Å². The summed E-state index contributed by atoms with van der Waals surface area (Å²) >= 11 is 6.35. The number of benzene rings is 1. The summed E-state index contributed by atoms with van der Waals surface area (Å²) in [5.74, 6) is -0.580. The first-order chi connectivity index (χ1) is 14.2. The van der Waals surface area contributed by atoms with E-state index in [0.29, 0.717) is 34.5 Å². The molecule has 0 bridgehead atoms. The molecule has 3 rings (SSSR count). The maximum atomic E-state index is 12.4. The summed E-state index contributed by atoms with van der Waals surface area (Å²) in [6, 6.07) is 7.45. The van der Waals surface area contributed by atoms with Gasteiger partial charge >= 0.3 is 5.97 Å². The fourth-order valence-corrected chi connectivity index (χ4v) is 3.92. The molecule has 0 N–H and O–H groups in total. The van der Waals surface area contributed by atoms with Gasteiger partial charge in [0.25, 0.3) is 0 Å². The SMILES string of the molecule is CCC(C)(C)CC.CCN1C(C)=C(C=O)CC(c2ccccc2Cl)C2=C1COC2=O. The molecule has 1 aromatic carbocycles. The molecule has 0 saturated carbocycles. The molecule has 0 aromatic heterocycles. The molecule has 4 nitrogen and oxygen atoms in total. The molecule has 164 valence electrons. The van der Waals surface area contributed by atoms with E-state index in [0.717, 1.165) is 23.2 Å². The lowest BCUT2D eigenvalue weighted by Crippen LogP contribution is -2.23. The van der Waals surface area contributed by atoms with E-state index in [1.165, 1.54) is 12.8 Å². The highest BCUT2D eigenvalue weighted by Crippen LogP contribution is 2.43. The van der Waals surface area contributed by atoms with E-state index >= 15 is 0 Å². The molecule has 5 heteroatoms. The highest BCUT2D eigenvalue weighted by molar-refractivity contribution is 6.31. The van der Waals surface area contributed by atoms with E-state index in [1.807, 2.05) is 36.9 Å². The molecule has 2 aliphatic heterocycles. The summed E-state index contributed by atoms with van der Waals surface area (Å²) in [6.07, 6.45) is 3.92. The first-order valence-corrected chi connectivity index (χ1v) is 11.2. The molecule has 2 aliphatic rings. The summed E-state index contributed by atoms with van der Waals surface area (Å²) in [6.45, 7) is 13.9. The number of cyclic esters (lactones) is 1. The third-order valence-corrected chi connectivity index (χ3v) is 6.84. The minimum atomic E-state index is -0.316. The molecule has 2 heterocycles. The summed E-state index contributed by atoms with van der Waals surface area (Å²) in [7, 11) is 0. The second kappa shape index (κ2) is 10.3. The maximum absolute atomic E-state index is 12.4. The number of carbonyl (C=O) groups is 2. The van der Waals surface area contributed by atoms with Gasteiger partial charge < -0.3 is 9.64 Å². The molecule has 1 aromatic rings. The Bertz CT molecular complexity index is 848. The van der Waals surface area contributed by atoms with Crippen LogP contribution in [0.2, 0.25) is 5.02 Å². The van der Waals surface area contributed by atoms with Crippen molar-refractivity contribution in [3.63, 3.8) is 0 Å². The monoisotopic (exact) mass is 431 g/mol. The highest BCUT2D eigenvalue weighted by Gasteiger charge is 2.39.